The smallest absolute Gasteiger partial charge is 0.242 e. The highest BCUT2D eigenvalue weighted by Crippen LogP contribution is 2.48. The molecular weight excluding hydrogens is 416 g/mol. The van der Waals surface area contributed by atoms with E-state index in [1.165, 1.54) is 0 Å². The Labute approximate surface area is 195 Å². The predicted octanol–water partition coefficient (Wildman–Crippen LogP) is 4.71. The molecule has 0 saturated heterocycles. The van der Waals surface area contributed by atoms with Gasteiger partial charge in [0.25, 0.3) is 0 Å². The second kappa shape index (κ2) is 9.02. The van der Waals surface area contributed by atoms with Crippen molar-refractivity contribution in [3.05, 3.63) is 70.9 Å². The van der Waals surface area contributed by atoms with Crippen LogP contribution in [0.15, 0.2) is 59.8 Å². The van der Waals surface area contributed by atoms with Crippen molar-refractivity contribution in [1.29, 1.82) is 0 Å². The van der Waals surface area contributed by atoms with Crippen LogP contribution in [-0.4, -0.2) is 42.9 Å². The normalized spacial score (nSPS) is 20.2. The summed E-state index contributed by atoms with van der Waals surface area (Å²) in [6, 6.07) is 15.7. The molecule has 1 amide bonds. The van der Waals surface area contributed by atoms with E-state index >= 15 is 0 Å². The molecule has 174 valence electrons. The van der Waals surface area contributed by atoms with E-state index in [1.807, 2.05) is 62.6 Å². The minimum atomic E-state index is -0.288. The lowest BCUT2D eigenvalue weighted by atomic mass is 9.69. The summed E-state index contributed by atoms with van der Waals surface area (Å²) in [7, 11) is 5.29. The van der Waals surface area contributed by atoms with Crippen LogP contribution < -0.4 is 9.47 Å². The van der Waals surface area contributed by atoms with E-state index in [2.05, 4.69) is 13.8 Å². The summed E-state index contributed by atoms with van der Waals surface area (Å²) >= 11 is 0. The molecule has 4 rings (SSSR count). The summed E-state index contributed by atoms with van der Waals surface area (Å²) in [6.45, 7) is 4.59. The summed E-state index contributed by atoms with van der Waals surface area (Å²) < 4.78 is 11.6. The maximum absolute atomic E-state index is 13.3. The van der Waals surface area contributed by atoms with Crippen molar-refractivity contribution in [3.8, 4) is 11.5 Å². The zero-order valence-corrected chi connectivity index (χ0v) is 20.1. The molecule has 0 bridgehead atoms. The van der Waals surface area contributed by atoms with Gasteiger partial charge in [-0.3, -0.25) is 9.59 Å². The first-order valence-corrected chi connectivity index (χ1v) is 11.3. The lowest BCUT2D eigenvalue weighted by Crippen LogP contribution is -2.49. The number of Topliss-reactive ketones (excluding diaryl/α,β-unsaturated/α-hetero) is 1. The first kappa shape index (κ1) is 23.1. The molecule has 0 radical (unpaired) electrons. The first-order chi connectivity index (χ1) is 15.7. The molecule has 0 N–H and O–H groups in total. The Morgan fingerprint density at radius 1 is 1.03 bits per heavy atom. The molecule has 33 heavy (non-hydrogen) atoms. The molecule has 0 unspecified atom stereocenters. The minimum Gasteiger partial charge on any atom is -0.493 e. The summed E-state index contributed by atoms with van der Waals surface area (Å²) in [5.74, 6) is 1.06. The number of methoxy groups -OCH3 is 1. The number of ether oxygens (including phenoxy) is 2. The Hall–Kier alpha value is -3.12. The first-order valence-electron chi connectivity index (χ1n) is 11.3. The number of amides is 1. The van der Waals surface area contributed by atoms with Gasteiger partial charge in [-0.25, -0.2) is 10.0 Å². The quantitative estimate of drug-likeness (QED) is 0.641. The second-order valence-electron chi connectivity index (χ2n) is 9.80. The zero-order valence-electron chi connectivity index (χ0n) is 20.1. The van der Waals surface area contributed by atoms with Crippen LogP contribution in [0.3, 0.4) is 0 Å². The molecule has 2 aliphatic rings. The summed E-state index contributed by atoms with van der Waals surface area (Å²) in [5, 5.41) is 3.46. The number of rotatable bonds is 6. The van der Waals surface area contributed by atoms with Crippen molar-refractivity contribution in [2.45, 2.75) is 45.6 Å². The van der Waals surface area contributed by atoms with Crippen LogP contribution in [0.4, 0.5) is 0 Å². The Morgan fingerprint density at radius 3 is 2.42 bits per heavy atom. The third-order valence-corrected chi connectivity index (χ3v) is 6.34. The number of nitrogens with zero attached hydrogens (tertiary/aromatic N) is 2. The molecule has 0 spiro atoms. The highest BCUT2D eigenvalue weighted by atomic mass is 16.5. The number of hydrogen-bond donors (Lipinski definition) is 0. The number of hydrazine groups is 1. The van der Waals surface area contributed by atoms with Gasteiger partial charge in [0.05, 0.1) is 7.11 Å². The van der Waals surface area contributed by atoms with Gasteiger partial charge in [0.15, 0.2) is 17.3 Å². The molecule has 1 heterocycles. The van der Waals surface area contributed by atoms with Gasteiger partial charge in [0, 0.05) is 44.1 Å². The Kier molecular flexibility index (Phi) is 6.30. The maximum Gasteiger partial charge on any atom is 0.242 e. The van der Waals surface area contributed by atoms with Crippen LogP contribution in [0.1, 0.15) is 50.2 Å². The van der Waals surface area contributed by atoms with Gasteiger partial charge in [-0.15, -0.1) is 0 Å². The van der Waals surface area contributed by atoms with Crippen molar-refractivity contribution in [2.75, 3.05) is 21.2 Å². The SMILES string of the molecule is COc1cc([C@H]2CC(=O)N(N(C)C)C3=C2C(=O)CC(C)(C)C3)ccc1OCc1ccccc1. The minimum absolute atomic E-state index is 0.00220. The molecular formula is C27H32N2O4. The van der Waals surface area contributed by atoms with Gasteiger partial charge in [0.1, 0.15) is 6.61 Å². The average Bonchev–Trinajstić information content (AvgIpc) is 2.76. The van der Waals surface area contributed by atoms with E-state index in [-0.39, 0.29) is 29.4 Å². The van der Waals surface area contributed by atoms with Gasteiger partial charge >= 0.3 is 0 Å². The van der Waals surface area contributed by atoms with Crippen molar-refractivity contribution >= 4 is 11.7 Å². The lowest BCUT2D eigenvalue weighted by molar-refractivity contribution is -0.143. The van der Waals surface area contributed by atoms with E-state index in [0.717, 1.165) is 22.4 Å². The van der Waals surface area contributed by atoms with E-state index < -0.39 is 0 Å². The van der Waals surface area contributed by atoms with Gasteiger partial charge in [-0.1, -0.05) is 50.2 Å². The monoisotopic (exact) mass is 448 g/mol. The summed E-state index contributed by atoms with van der Waals surface area (Å²) in [5.41, 5.74) is 3.36. The molecule has 1 aliphatic carbocycles. The largest absolute Gasteiger partial charge is 0.493 e. The highest BCUT2D eigenvalue weighted by molar-refractivity contribution is 6.02. The molecule has 0 saturated carbocycles. The van der Waals surface area contributed by atoms with Crippen LogP contribution in [-0.2, 0) is 16.2 Å². The molecule has 6 nitrogen and oxygen atoms in total. The number of ketones is 1. The number of carbonyl (C=O) groups excluding carboxylic acids is 2. The Bertz CT molecular complexity index is 1090. The van der Waals surface area contributed by atoms with Crippen LogP contribution in [0.25, 0.3) is 0 Å². The third kappa shape index (κ3) is 4.67. The van der Waals surface area contributed by atoms with Gasteiger partial charge in [-0.2, -0.15) is 0 Å². The number of benzene rings is 2. The number of carbonyl (C=O) groups is 2. The Morgan fingerprint density at radius 2 is 1.76 bits per heavy atom. The third-order valence-electron chi connectivity index (χ3n) is 6.34. The Balaban J connectivity index is 1.69. The standard InChI is InChI=1S/C27H32N2O4/c1-27(2)15-21-26(22(30)16-27)20(14-25(31)29(21)28(3)4)19-11-12-23(24(13-19)32-5)33-17-18-9-7-6-8-10-18/h6-13,20H,14-17H2,1-5H3/t20-/m1/s1. The fourth-order valence-electron chi connectivity index (χ4n) is 4.90. The molecule has 1 atom stereocenters. The second-order valence-corrected chi connectivity index (χ2v) is 9.80. The molecule has 0 aromatic heterocycles. The molecule has 1 aliphatic heterocycles. The zero-order chi connectivity index (χ0) is 23.8. The summed E-state index contributed by atoms with van der Waals surface area (Å²) in [6.07, 6.45) is 1.41. The predicted molar refractivity (Wildman–Crippen MR) is 127 cm³/mol. The van der Waals surface area contributed by atoms with E-state index in [1.54, 1.807) is 17.1 Å². The average molecular weight is 449 g/mol. The van der Waals surface area contributed by atoms with Crippen molar-refractivity contribution < 1.29 is 19.1 Å². The van der Waals surface area contributed by atoms with E-state index in [9.17, 15) is 9.59 Å². The van der Waals surface area contributed by atoms with Crippen LogP contribution >= 0.6 is 0 Å². The molecule has 0 fully saturated rings. The van der Waals surface area contributed by atoms with Crippen LogP contribution in [0.5, 0.6) is 11.5 Å². The fraction of sp³-hybridized carbons (Fsp3) is 0.407. The van der Waals surface area contributed by atoms with Crippen molar-refractivity contribution in [2.24, 2.45) is 5.41 Å². The number of allylic oxidation sites excluding steroid dienone is 2. The molecule has 2 aromatic carbocycles. The van der Waals surface area contributed by atoms with E-state index in [4.69, 9.17) is 9.47 Å². The van der Waals surface area contributed by atoms with Crippen LogP contribution in [0.2, 0.25) is 0 Å². The molecule has 2 aromatic rings. The maximum atomic E-state index is 13.3. The topological polar surface area (TPSA) is 59.1 Å². The van der Waals surface area contributed by atoms with Crippen LogP contribution in [0, 0.1) is 5.41 Å². The fourth-order valence-corrected chi connectivity index (χ4v) is 4.90. The highest BCUT2D eigenvalue weighted by Gasteiger charge is 2.44. The summed E-state index contributed by atoms with van der Waals surface area (Å²) in [4.78, 5) is 26.5. The molecule has 6 heteroatoms. The number of hydrogen-bond acceptors (Lipinski definition) is 5. The van der Waals surface area contributed by atoms with Gasteiger partial charge < -0.3 is 9.47 Å². The van der Waals surface area contributed by atoms with Crippen molar-refractivity contribution in [1.82, 2.24) is 10.0 Å². The van der Waals surface area contributed by atoms with E-state index in [0.29, 0.717) is 30.9 Å². The lowest BCUT2D eigenvalue weighted by Gasteiger charge is -2.44. The van der Waals surface area contributed by atoms with Gasteiger partial charge in [-0.05, 0) is 35.1 Å². The van der Waals surface area contributed by atoms with Gasteiger partial charge in [0.2, 0.25) is 5.91 Å². The van der Waals surface area contributed by atoms with Crippen molar-refractivity contribution in [3.63, 3.8) is 0 Å².